The Morgan fingerprint density at radius 1 is 1.27 bits per heavy atom. The highest BCUT2D eigenvalue weighted by Crippen LogP contribution is 2.15. The molecule has 26 heavy (non-hydrogen) atoms. The van der Waals surface area contributed by atoms with Crippen LogP contribution in [0.1, 0.15) is 26.3 Å². The Kier molecular flexibility index (Phi) is 6.52. The van der Waals surface area contributed by atoms with Crippen molar-refractivity contribution < 1.29 is 23.1 Å². The zero-order valence-electron chi connectivity index (χ0n) is 15.4. The molecule has 146 valence electrons. The van der Waals surface area contributed by atoms with Gasteiger partial charge in [-0.1, -0.05) is 0 Å². The zero-order chi connectivity index (χ0) is 19.5. The molecule has 0 aromatic heterocycles. The number of urea groups is 1. The predicted octanol–water partition coefficient (Wildman–Crippen LogP) is 2.13. The molecule has 1 aromatic carbocycles. The number of piperazine rings is 1. The summed E-state index contributed by atoms with van der Waals surface area (Å²) in [4.78, 5) is 16.1. The third-order valence-electron chi connectivity index (χ3n) is 4.38. The van der Waals surface area contributed by atoms with Gasteiger partial charge in [0.1, 0.15) is 0 Å². The fourth-order valence-corrected chi connectivity index (χ4v) is 3.09. The molecular weight excluding hydrogens is 347 g/mol. The van der Waals surface area contributed by atoms with Crippen LogP contribution in [0.2, 0.25) is 0 Å². The normalized spacial score (nSPS) is 18.9. The molecule has 1 saturated heterocycles. The lowest BCUT2D eigenvalue weighted by Crippen LogP contribution is -2.58. The Hall–Kier alpha value is -1.80. The molecule has 0 aliphatic carbocycles. The molecule has 5 nitrogen and oxygen atoms in total. The number of aliphatic hydroxyl groups is 1. The van der Waals surface area contributed by atoms with Gasteiger partial charge in [0.05, 0.1) is 5.60 Å². The molecular formula is C18H26F3N3O2. The molecule has 1 aliphatic heterocycles. The van der Waals surface area contributed by atoms with Crippen LogP contribution in [0.3, 0.4) is 0 Å². The van der Waals surface area contributed by atoms with Gasteiger partial charge in [0.15, 0.2) is 17.5 Å². The van der Waals surface area contributed by atoms with Crippen LogP contribution < -0.4 is 5.32 Å². The van der Waals surface area contributed by atoms with Gasteiger partial charge < -0.3 is 15.3 Å². The van der Waals surface area contributed by atoms with Gasteiger partial charge in [-0.05, 0) is 44.9 Å². The van der Waals surface area contributed by atoms with E-state index in [0.29, 0.717) is 26.2 Å². The lowest BCUT2D eigenvalue weighted by Gasteiger charge is -2.41. The maximum absolute atomic E-state index is 13.2. The highest BCUT2D eigenvalue weighted by Gasteiger charge is 2.29. The fraction of sp³-hybridized carbons (Fsp3) is 0.611. The van der Waals surface area contributed by atoms with E-state index in [2.05, 4.69) is 10.2 Å². The quantitative estimate of drug-likeness (QED) is 0.778. The number of benzene rings is 1. The molecule has 0 saturated carbocycles. The minimum Gasteiger partial charge on any atom is -0.389 e. The third-order valence-corrected chi connectivity index (χ3v) is 4.38. The van der Waals surface area contributed by atoms with Crippen LogP contribution in [0, 0.1) is 17.5 Å². The average molecular weight is 373 g/mol. The Morgan fingerprint density at radius 2 is 1.88 bits per heavy atom. The number of nitrogens with zero attached hydrogens (tertiary/aromatic N) is 2. The van der Waals surface area contributed by atoms with Crippen LogP contribution >= 0.6 is 0 Å². The first-order valence-electron chi connectivity index (χ1n) is 8.69. The van der Waals surface area contributed by atoms with Crippen LogP contribution in [0.15, 0.2) is 12.1 Å². The maximum Gasteiger partial charge on any atom is 0.317 e. The van der Waals surface area contributed by atoms with Crippen LogP contribution in [0.4, 0.5) is 18.0 Å². The lowest BCUT2D eigenvalue weighted by molar-refractivity contribution is 0.00295. The smallest absolute Gasteiger partial charge is 0.317 e. The second kappa shape index (κ2) is 8.26. The molecule has 2 amide bonds. The molecule has 0 radical (unpaired) electrons. The minimum atomic E-state index is -1.49. The summed E-state index contributed by atoms with van der Waals surface area (Å²) in [5.41, 5.74) is -0.511. The van der Waals surface area contributed by atoms with E-state index in [9.17, 15) is 23.1 Å². The van der Waals surface area contributed by atoms with Crippen molar-refractivity contribution in [3.63, 3.8) is 0 Å². The molecule has 1 atom stereocenters. The molecule has 1 fully saturated rings. The van der Waals surface area contributed by atoms with Crippen LogP contribution in [-0.4, -0.2) is 65.3 Å². The molecule has 2 rings (SSSR count). The van der Waals surface area contributed by atoms with Crippen molar-refractivity contribution in [2.75, 3.05) is 32.7 Å². The second-order valence-electron chi connectivity index (χ2n) is 7.43. The van der Waals surface area contributed by atoms with E-state index in [0.717, 1.165) is 12.1 Å². The molecule has 1 aromatic rings. The van der Waals surface area contributed by atoms with E-state index < -0.39 is 23.1 Å². The number of hydrogen-bond donors (Lipinski definition) is 2. The first-order chi connectivity index (χ1) is 12.1. The summed E-state index contributed by atoms with van der Waals surface area (Å²) >= 11 is 0. The van der Waals surface area contributed by atoms with Gasteiger partial charge >= 0.3 is 6.03 Å². The zero-order valence-corrected chi connectivity index (χ0v) is 15.4. The molecule has 1 unspecified atom stereocenters. The first-order valence-corrected chi connectivity index (χ1v) is 8.69. The molecule has 1 aliphatic rings. The van der Waals surface area contributed by atoms with Crippen molar-refractivity contribution in [3.05, 3.63) is 35.1 Å². The molecule has 0 bridgehead atoms. The summed E-state index contributed by atoms with van der Waals surface area (Å²) in [6.07, 6.45) is 0.202. The lowest BCUT2D eigenvalue weighted by atomic mass is 10.1. The number of carbonyl (C=O) groups is 1. The molecule has 2 N–H and O–H groups in total. The summed E-state index contributed by atoms with van der Waals surface area (Å²) in [6, 6.07) is 1.73. The van der Waals surface area contributed by atoms with Gasteiger partial charge in [-0.15, -0.1) is 0 Å². The van der Waals surface area contributed by atoms with Crippen LogP contribution in [0.5, 0.6) is 0 Å². The van der Waals surface area contributed by atoms with E-state index in [1.165, 1.54) is 0 Å². The average Bonchev–Trinajstić information content (AvgIpc) is 2.53. The van der Waals surface area contributed by atoms with Crippen molar-refractivity contribution in [1.82, 2.24) is 15.1 Å². The molecule has 1 heterocycles. The van der Waals surface area contributed by atoms with E-state index in [1.807, 2.05) is 6.92 Å². The SMILES string of the molecule is CC1CN(C(=O)NCCc2cc(F)c(F)c(F)c2)CCN1CC(C)(C)O. The predicted molar refractivity (Wildman–Crippen MR) is 92.3 cm³/mol. The van der Waals surface area contributed by atoms with Gasteiger partial charge in [-0.3, -0.25) is 4.90 Å². The first kappa shape index (κ1) is 20.5. The van der Waals surface area contributed by atoms with E-state index in [-0.39, 0.29) is 30.6 Å². The van der Waals surface area contributed by atoms with Gasteiger partial charge in [-0.2, -0.15) is 0 Å². The topological polar surface area (TPSA) is 55.8 Å². The number of nitrogens with one attached hydrogen (secondary N) is 1. The minimum absolute atomic E-state index is 0.112. The number of rotatable bonds is 5. The van der Waals surface area contributed by atoms with Gasteiger partial charge in [0, 0.05) is 38.8 Å². The Labute approximate surface area is 151 Å². The van der Waals surface area contributed by atoms with E-state index in [4.69, 9.17) is 0 Å². The maximum atomic E-state index is 13.2. The second-order valence-corrected chi connectivity index (χ2v) is 7.43. The van der Waals surface area contributed by atoms with Crippen molar-refractivity contribution in [3.8, 4) is 0 Å². The van der Waals surface area contributed by atoms with E-state index in [1.54, 1.807) is 18.7 Å². The largest absolute Gasteiger partial charge is 0.389 e. The number of carbonyl (C=O) groups excluding carboxylic acids is 1. The Bertz CT molecular complexity index is 626. The fourth-order valence-electron chi connectivity index (χ4n) is 3.09. The number of amides is 2. The number of hydrogen-bond acceptors (Lipinski definition) is 3. The van der Waals surface area contributed by atoms with Crippen molar-refractivity contribution in [2.24, 2.45) is 0 Å². The van der Waals surface area contributed by atoms with E-state index >= 15 is 0 Å². The summed E-state index contributed by atoms with van der Waals surface area (Å²) in [5.74, 6) is -3.96. The molecule has 0 spiro atoms. The number of β-amino-alcohol motifs (C(OH)–C–C–N with tert-alkyl or cyclic N) is 1. The van der Waals surface area contributed by atoms with Crippen molar-refractivity contribution in [2.45, 2.75) is 38.8 Å². The van der Waals surface area contributed by atoms with Crippen molar-refractivity contribution in [1.29, 1.82) is 0 Å². The Balaban J connectivity index is 1.80. The van der Waals surface area contributed by atoms with Crippen molar-refractivity contribution >= 4 is 6.03 Å². The van der Waals surface area contributed by atoms with Gasteiger partial charge in [0.2, 0.25) is 0 Å². The summed E-state index contributed by atoms with van der Waals surface area (Å²) < 4.78 is 39.3. The summed E-state index contributed by atoms with van der Waals surface area (Å²) in [7, 11) is 0. The standard InChI is InChI=1S/C18H26F3N3O2/c1-12-10-23(6-7-24(12)11-18(2,3)26)17(25)22-5-4-13-8-14(19)16(21)15(20)9-13/h8-9,12,26H,4-7,10-11H2,1-3H3,(H,22,25). The number of halogens is 3. The Morgan fingerprint density at radius 3 is 2.42 bits per heavy atom. The van der Waals surface area contributed by atoms with Gasteiger partial charge in [-0.25, -0.2) is 18.0 Å². The summed E-state index contributed by atoms with van der Waals surface area (Å²) in [6.45, 7) is 7.95. The van der Waals surface area contributed by atoms with Gasteiger partial charge in [0.25, 0.3) is 0 Å². The highest BCUT2D eigenvalue weighted by molar-refractivity contribution is 5.74. The van der Waals surface area contributed by atoms with Crippen LogP contribution in [-0.2, 0) is 6.42 Å². The highest BCUT2D eigenvalue weighted by atomic mass is 19.2. The monoisotopic (exact) mass is 373 g/mol. The summed E-state index contributed by atoms with van der Waals surface area (Å²) in [5, 5.41) is 12.7. The third kappa shape index (κ3) is 5.60. The van der Waals surface area contributed by atoms with Crippen LogP contribution in [0.25, 0.3) is 0 Å². The molecule has 8 heteroatoms.